The van der Waals surface area contributed by atoms with E-state index in [1.165, 1.54) is 5.56 Å². The molecule has 1 aromatic rings. The molecule has 1 aliphatic rings. The van der Waals surface area contributed by atoms with Crippen LogP contribution in [0.15, 0.2) is 24.8 Å². The highest BCUT2D eigenvalue weighted by molar-refractivity contribution is 6.30. The van der Waals surface area contributed by atoms with Gasteiger partial charge in [0.05, 0.1) is 6.61 Å². The molecule has 2 rings (SSSR count). The summed E-state index contributed by atoms with van der Waals surface area (Å²) in [7, 11) is 0. The van der Waals surface area contributed by atoms with Gasteiger partial charge in [-0.3, -0.25) is 0 Å². The van der Waals surface area contributed by atoms with Gasteiger partial charge in [0.1, 0.15) is 5.75 Å². The highest BCUT2D eigenvalue weighted by Gasteiger charge is 2.18. The first-order valence-electron chi connectivity index (χ1n) is 5.51. The van der Waals surface area contributed by atoms with Crippen LogP contribution in [-0.2, 0) is 12.8 Å². The fraction of sp³-hybridized carbons (Fsp3) is 0.385. The van der Waals surface area contributed by atoms with Crippen molar-refractivity contribution < 1.29 is 4.74 Å². The molecule has 2 N–H and O–H groups in total. The van der Waals surface area contributed by atoms with Crippen LogP contribution in [0.3, 0.4) is 0 Å². The van der Waals surface area contributed by atoms with E-state index < -0.39 is 0 Å². The molecule has 1 heterocycles. The number of fused-ring (bicyclic) bond motifs is 1. The normalized spacial score (nSPS) is 15.4. The van der Waals surface area contributed by atoms with Crippen LogP contribution in [0.5, 0.6) is 5.75 Å². The summed E-state index contributed by atoms with van der Waals surface area (Å²) in [6.07, 6.45) is 4.38. The van der Waals surface area contributed by atoms with Crippen molar-refractivity contribution in [1.82, 2.24) is 0 Å². The van der Waals surface area contributed by atoms with Gasteiger partial charge in [-0.1, -0.05) is 17.7 Å². The van der Waals surface area contributed by atoms with E-state index in [9.17, 15) is 0 Å². The number of benzene rings is 1. The van der Waals surface area contributed by atoms with Gasteiger partial charge in [-0.15, -0.1) is 6.58 Å². The molecule has 0 spiro atoms. The van der Waals surface area contributed by atoms with E-state index in [0.717, 1.165) is 42.2 Å². The van der Waals surface area contributed by atoms with Crippen molar-refractivity contribution >= 4 is 11.6 Å². The van der Waals surface area contributed by atoms with Crippen molar-refractivity contribution in [3.8, 4) is 5.75 Å². The quantitative estimate of drug-likeness (QED) is 0.818. The molecule has 0 aromatic heterocycles. The Labute approximate surface area is 101 Å². The molecule has 86 valence electrons. The standard InChI is InChI=1S/C13H16ClNO/c1-2-3-12(15)8-10-7-11(14)6-9-4-5-16-13(9)10/h2,6-7,12H,1,3-5,8,15H2. The molecule has 0 amide bonds. The molecule has 2 nitrogen and oxygen atoms in total. The summed E-state index contributed by atoms with van der Waals surface area (Å²) in [4.78, 5) is 0. The largest absolute Gasteiger partial charge is 0.493 e. The van der Waals surface area contributed by atoms with Crippen LogP contribution in [0.1, 0.15) is 17.5 Å². The third-order valence-electron chi connectivity index (χ3n) is 2.78. The first kappa shape index (κ1) is 11.5. The lowest BCUT2D eigenvalue weighted by Crippen LogP contribution is -2.22. The van der Waals surface area contributed by atoms with Gasteiger partial charge in [0, 0.05) is 17.5 Å². The minimum atomic E-state index is 0.0873. The summed E-state index contributed by atoms with van der Waals surface area (Å²) in [6, 6.07) is 4.02. The van der Waals surface area contributed by atoms with E-state index in [0.29, 0.717) is 0 Å². The Morgan fingerprint density at radius 2 is 2.38 bits per heavy atom. The van der Waals surface area contributed by atoms with Crippen LogP contribution in [0.2, 0.25) is 5.02 Å². The molecule has 1 atom stereocenters. The number of hydrogen-bond donors (Lipinski definition) is 1. The highest BCUT2D eigenvalue weighted by atomic mass is 35.5. The predicted molar refractivity (Wildman–Crippen MR) is 67.1 cm³/mol. The molecular formula is C13H16ClNO. The summed E-state index contributed by atoms with van der Waals surface area (Å²) in [5.41, 5.74) is 8.31. The van der Waals surface area contributed by atoms with Crippen LogP contribution in [0, 0.1) is 0 Å². The molecule has 0 saturated heterocycles. The topological polar surface area (TPSA) is 35.2 Å². The first-order valence-corrected chi connectivity index (χ1v) is 5.89. The monoisotopic (exact) mass is 237 g/mol. The molecule has 0 fully saturated rings. The van der Waals surface area contributed by atoms with Crippen LogP contribution in [-0.4, -0.2) is 12.6 Å². The number of nitrogens with two attached hydrogens (primary N) is 1. The smallest absolute Gasteiger partial charge is 0.125 e. The van der Waals surface area contributed by atoms with Crippen molar-refractivity contribution in [3.63, 3.8) is 0 Å². The van der Waals surface area contributed by atoms with Gasteiger partial charge in [0.25, 0.3) is 0 Å². The van der Waals surface area contributed by atoms with Gasteiger partial charge in [-0.05, 0) is 36.1 Å². The second-order valence-electron chi connectivity index (χ2n) is 4.14. The molecule has 0 bridgehead atoms. The van der Waals surface area contributed by atoms with E-state index in [1.54, 1.807) is 0 Å². The predicted octanol–water partition coefficient (Wildman–Crippen LogP) is 2.72. The first-order chi connectivity index (χ1) is 7.70. The molecule has 0 saturated carbocycles. The van der Waals surface area contributed by atoms with Gasteiger partial charge in [0.2, 0.25) is 0 Å². The zero-order valence-corrected chi connectivity index (χ0v) is 9.96. The molecule has 1 unspecified atom stereocenters. The highest BCUT2D eigenvalue weighted by Crippen LogP contribution is 2.33. The van der Waals surface area contributed by atoms with Gasteiger partial charge < -0.3 is 10.5 Å². The lowest BCUT2D eigenvalue weighted by Gasteiger charge is -2.13. The molecule has 1 aromatic carbocycles. The van der Waals surface area contributed by atoms with Crippen LogP contribution < -0.4 is 10.5 Å². The third-order valence-corrected chi connectivity index (χ3v) is 3.00. The number of hydrogen-bond acceptors (Lipinski definition) is 2. The maximum Gasteiger partial charge on any atom is 0.125 e. The molecule has 1 aliphatic heterocycles. The van der Waals surface area contributed by atoms with E-state index >= 15 is 0 Å². The van der Waals surface area contributed by atoms with Gasteiger partial charge in [-0.2, -0.15) is 0 Å². The Hall–Kier alpha value is -0.990. The lowest BCUT2D eigenvalue weighted by molar-refractivity contribution is 0.352. The van der Waals surface area contributed by atoms with E-state index in [2.05, 4.69) is 6.58 Å². The summed E-state index contributed by atoms with van der Waals surface area (Å²) < 4.78 is 5.62. The molecule has 3 heteroatoms. The van der Waals surface area contributed by atoms with Gasteiger partial charge in [0.15, 0.2) is 0 Å². The van der Waals surface area contributed by atoms with Crippen molar-refractivity contribution in [1.29, 1.82) is 0 Å². The van der Waals surface area contributed by atoms with Gasteiger partial charge in [-0.25, -0.2) is 0 Å². The summed E-state index contributed by atoms with van der Waals surface area (Å²) in [6.45, 7) is 4.44. The number of rotatable bonds is 4. The maximum atomic E-state index is 6.07. The average molecular weight is 238 g/mol. The lowest BCUT2D eigenvalue weighted by atomic mass is 10.0. The number of halogens is 1. The summed E-state index contributed by atoms with van der Waals surface area (Å²) in [5, 5.41) is 0.769. The minimum Gasteiger partial charge on any atom is -0.493 e. The maximum absolute atomic E-state index is 6.07. The Bertz CT molecular complexity index is 403. The Kier molecular flexibility index (Phi) is 3.52. The fourth-order valence-electron chi connectivity index (χ4n) is 2.08. The Morgan fingerprint density at radius 3 is 3.12 bits per heavy atom. The zero-order chi connectivity index (χ0) is 11.5. The zero-order valence-electron chi connectivity index (χ0n) is 9.21. The van der Waals surface area contributed by atoms with Gasteiger partial charge >= 0.3 is 0 Å². The van der Waals surface area contributed by atoms with E-state index in [1.807, 2.05) is 18.2 Å². The summed E-state index contributed by atoms with van der Waals surface area (Å²) >= 11 is 6.07. The second-order valence-corrected chi connectivity index (χ2v) is 4.58. The Morgan fingerprint density at radius 1 is 1.56 bits per heavy atom. The van der Waals surface area contributed by atoms with Crippen molar-refractivity contribution in [2.24, 2.45) is 5.73 Å². The van der Waals surface area contributed by atoms with E-state index in [-0.39, 0.29) is 6.04 Å². The van der Waals surface area contributed by atoms with Crippen LogP contribution in [0.4, 0.5) is 0 Å². The van der Waals surface area contributed by atoms with Crippen molar-refractivity contribution in [2.45, 2.75) is 25.3 Å². The van der Waals surface area contributed by atoms with E-state index in [4.69, 9.17) is 22.1 Å². The van der Waals surface area contributed by atoms with Crippen molar-refractivity contribution in [2.75, 3.05) is 6.61 Å². The minimum absolute atomic E-state index is 0.0873. The molecule has 0 aliphatic carbocycles. The third kappa shape index (κ3) is 2.39. The average Bonchev–Trinajstić information content (AvgIpc) is 2.65. The molecule has 16 heavy (non-hydrogen) atoms. The van der Waals surface area contributed by atoms with Crippen molar-refractivity contribution in [3.05, 3.63) is 40.9 Å². The van der Waals surface area contributed by atoms with Crippen LogP contribution in [0.25, 0.3) is 0 Å². The molecule has 0 radical (unpaired) electrons. The summed E-state index contributed by atoms with van der Waals surface area (Å²) in [5.74, 6) is 0.990. The van der Waals surface area contributed by atoms with Crippen LogP contribution >= 0.6 is 11.6 Å². The Balaban J connectivity index is 2.23. The fourth-order valence-corrected chi connectivity index (χ4v) is 2.34. The SMILES string of the molecule is C=CCC(N)Cc1cc(Cl)cc2c1OCC2. The second kappa shape index (κ2) is 4.89. The molecular weight excluding hydrogens is 222 g/mol. The number of ether oxygens (including phenoxy) is 1.